The molecule has 0 aromatic heterocycles. The van der Waals surface area contributed by atoms with Gasteiger partial charge in [-0.05, 0) is 88.2 Å². The Hall–Kier alpha value is -3.37. The molecule has 1 N–H and O–H groups in total. The summed E-state index contributed by atoms with van der Waals surface area (Å²) in [6, 6.07) is 19.6. The van der Waals surface area contributed by atoms with Gasteiger partial charge in [0.15, 0.2) is 0 Å². The van der Waals surface area contributed by atoms with Gasteiger partial charge in [-0.25, -0.2) is 8.42 Å². The van der Waals surface area contributed by atoms with Gasteiger partial charge in [-0.15, -0.1) is 0 Å². The number of aryl methyl sites for hydroxylation is 1. The molecule has 0 heterocycles. The van der Waals surface area contributed by atoms with Crippen LogP contribution < -0.4 is 14.4 Å². The number of methoxy groups -OCH3 is 1. The lowest BCUT2D eigenvalue weighted by atomic mass is 10.1. The monoisotopic (exact) mass is 643 g/mol. The highest BCUT2D eigenvalue weighted by atomic mass is 79.9. The van der Waals surface area contributed by atoms with Crippen molar-refractivity contribution in [2.45, 2.75) is 64.1 Å². The Balaban J connectivity index is 2.06. The molecule has 3 aromatic carbocycles. The molecule has 3 rings (SSSR count). The van der Waals surface area contributed by atoms with Crippen molar-refractivity contribution in [2.24, 2.45) is 0 Å². The zero-order valence-corrected chi connectivity index (χ0v) is 26.8. The third-order valence-corrected chi connectivity index (χ3v) is 8.72. The number of carbonyl (C=O) groups excluding carboxylic acids is 2. The minimum atomic E-state index is -4.12. The van der Waals surface area contributed by atoms with Crippen LogP contribution in [0.15, 0.2) is 82.2 Å². The number of carbonyl (C=O) groups is 2. The second-order valence-corrected chi connectivity index (χ2v) is 13.6. The molecule has 0 spiro atoms. The first kappa shape index (κ1) is 32.1. The van der Waals surface area contributed by atoms with E-state index in [2.05, 4.69) is 21.2 Å². The molecule has 0 aliphatic heterocycles. The summed E-state index contributed by atoms with van der Waals surface area (Å²) in [5.41, 5.74) is 1.50. The zero-order valence-electron chi connectivity index (χ0n) is 24.3. The average Bonchev–Trinajstić information content (AvgIpc) is 2.91. The van der Waals surface area contributed by atoms with Gasteiger partial charge in [0.1, 0.15) is 18.3 Å². The SMILES string of the molecule is CC[C@@H](C(=O)NC(C)(C)C)N(Cc1ccc(OC)cc1)C(=O)CN(c1ccc(Br)cc1)S(=O)(=O)c1ccc(C)cc1. The first-order valence-corrected chi connectivity index (χ1v) is 15.6. The summed E-state index contributed by atoms with van der Waals surface area (Å²) in [6.07, 6.45) is 0.340. The number of nitrogens with one attached hydrogen (secondary N) is 1. The highest BCUT2D eigenvalue weighted by Gasteiger charge is 2.34. The molecule has 0 fully saturated rings. The van der Waals surface area contributed by atoms with E-state index in [1.807, 2.05) is 46.8 Å². The van der Waals surface area contributed by atoms with E-state index in [0.717, 1.165) is 19.9 Å². The van der Waals surface area contributed by atoms with Crippen LogP contribution in [0, 0.1) is 6.92 Å². The van der Waals surface area contributed by atoms with Crippen LogP contribution in [0.25, 0.3) is 0 Å². The molecule has 220 valence electrons. The second kappa shape index (κ2) is 13.5. The molecule has 0 saturated carbocycles. The van der Waals surface area contributed by atoms with E-state index in [-0.39, 0.29) is 17.3 Å². The van der Waals surface area contributed by atoms with E-state index in [0.29, 0.717) is 17.9 Å². The van der Waals surface area contributed by atoms with E-state index in [1.54, 1.807) is 55.6 Å². The van der Waals surface area contributed by atoms with E-state index in [4.69, 9.17) is 4.74 Å². The van der Waals surface area contributed by atoms with Gasteiger partial charge in [-0.1, -0.05) is 52.7 Å². The van der Waals surface area contributed by atoms with Gasteiger partial charge in [-0.3, -0.25) is 13.9 Å². The van der Waals surface area contributed by atoms with Crippen molar-refractivity contribution in [3.8, 4) is 5.75 Å². The van der Waals surface area contributed by atoms with Gasteiger partial charge >= 0.3 is 0 Å². The fourth-order valence-electron chi connectivity index (χ4n) is 4.27. The van der Waals surface area contributed by atoms with Crippen LogP contribution in [0.2, 0.25) is 0 Å². The van der Waals surface area contributed by atoms with Crippen LogP contribution in [-0.2, 0) is 26.2 Å². The quantitative estimate of drug-likeness (QED) is 0.290. The summed E-state index contributed by atoms with van der Waals surface area (Å²) >= 11 is 3.39. The molecular weight excluding hydrogens is 606 g/mol. The number of sulfonamides is 1. The van der Waals surface area contributed by atoms with Gasteiger partial charge in [0.05, 0.1) is 17.7 Å². The van der Waals surface area contributed by atoms with Crippen LogP contribution in [0.3, 0.4) is 0 Å². The van der Waals surface area contributed by atoms with Crippen LogP contribution in [-0.4, -0.2) is 50.4 Å². The summed E-state index contributed by atoms with van der Waals surface area (Å²) in [7, 11) is -2.55. The normalized spacial score (nSPS) is 12.4. The maximum absolute atomic E-state index is 14.1. The number of ether oxygens (including phenoxy) is 1. The van der Waals surface area contributed by atoms with Crippen molar-refractivity contribution in [3.63, 3.8) is 0 Å². The van der Waals surface area contributed by atoms with Crippen molar-refractivity contribution in [2.75, 3.05) is 18.0 Å². The minimum Gasteiger partial charge on any atom is -0.497 e. The van der Waals surface area contributed by atoms with Gasteiger partial charge < -0.3 is 15.0 Å². The Morgan fingerprint density at radius 3 is 2.05 bits per heavy atom. The van der Waals surface area contributed by atoms with Crippen molar-refractivity contribution < 1.29 is 22.7 Å². The number of nitrogens with zero attached hydrogens (tertiary/aromatic N) is 2. The predicted molar refractivity (Wildman–Crippen MR) is 165 cm³/mol. The number of hydrogen-bond acceptors (Lipinski definition) is 5. The summed E-state index contributed by atoms with van der Waals surface area (Å²) in [6.45, 7) is 8.93. The van der Waals surface area contributed by atoms with E-state index < -0.39 is 34.1 Å². The number of rotatable bonds is 11. The molecule has 41 heavy (non-hydrogen) atoms. The number of benzene rings is 3. The van der Waals surface area contributed by atoms with E-state index in [9.17, 15) is 18.0 Å². The molecule has 0 radical (unpaired) electrons. The topological polar surface area (TPSA) is 96.0 Å². The average molecular weight is 645 g/mol. The summed E-state index contributed by atoms with van der Waals surface area (Å²) in [5.74, 6) is -0.150. The minimum absolute atomic E-state index is 0.0676. The van der Waals surface area contributed by atoms with Crippen molar-refractivity contribution in [3.05, 3.63) is 88.4 Å². The number of hydrogen-bond donors (Lipinski definition) is 1. The van der Waals surface area contributed by atoms with Crippen LogP contribution in [0.1, 0.15) is 45.2 Å². The third kappa shape index (κ3) is 8.56. The summed E-state index contributed by atoms with van der Waals surface area (Å²) in [5, 5.41) is 2.97. The second-order valence-electron chi connectivity index (χ2n) is 10.8. The van der Waals surface area contributed by atoms with Crippen LogP contribution >= 0.6 is 15.9 Å². The molecular formula is C31H38BrN3O5S. The van der Waals surface area contributed by atoms with Gasteiger partial charge in [0.2, 0.25) is 11.8 Å². The summed E-state index contributed by atoms with van der Waals surface area (Å²) < 4.78 is 35.0. The summed E-state index contributed by atoms with van der Waals surface area (Å²) in [4.78, 5) is 29.1. The molecule has 1 atom stereocenters. The van der Waals surface area contributed by atoms with Crippen molar-refractivity contribution >= 4 is 43.5 Å². The van der Waals surface area contributed by atoms with Crippen LogP contribution in [0.4, 0.5) is 5.69 Å². The Morgan fingerprint density at radius 2 is 1.54 bits per heavy atom. The molecule has 0 aliphatic rings. The first-order valence-electron chi connectivity index (χ1n) is 13.3. The molecule has 0 saturated heterocycles. The lowest BCUT2D eigenvalue weighted by Crippen LogP contribution is -2.55. The Morgan fingerprint density at radius 1 is 0.951 bits per heavy atom. The lowest BCUT2D eigenvalue weighted by molar-refractivity contribution is -0.141. The maximum Gasteiger partial charge on any atom is 0.264 e. The Bertz CT molecular complexity index is 1440. The zero-order chi connectivity index (χ0) is 30.4. The highest BCUT2D eigenvalue weighted by molar-refractivity contribution is 9.10. The first-order chi connectivity index (χ1) is 19.2. The third-order valence-electron chi connectivity index (χ3n) is 6.40. The van der Waals surface area contributed by atoms with E-state index in [1.165, 1.54) is 17.0 Å². The molecule has 3 aromatic rings. The molecule has 0 aliphatic carbocycles. The molecule has 8 nitrogen and oxygen atoms in total. The highest BCUT2D eigenvalue weighted by Crippen LogP contribution is 2.27. The van der Waals surface area contributed by atoms with Crippen LogP contribution in [0.5, 0.6) is 5.75 Å². The molecule has 2 amide bonds. The Kier molecular flexibility index (Phi) is 10.6. The fraction of sp³-hybridized carbons (Fsp3) is 0.355. The fourth-order valence-corrected chi connectivity index (χ4v) is 5.95. The van der Waals surface area contributed by atoms with Gasteiger partial charge in [-0.2, -0.15) is 0 Å². The lowest BCUT2D eigenvalue weighted by Gasteiger charge is -2.34. The predicted octanol–water partition coefficient (Wildman–Crippen LogP) is 5.68. The van der Waals surface area contributed by atoms with Gasteiger partial charge in [0.25, 0.3) is 10.0 Å². The smallest absolute Gasteiger partial charge is 0.264 e. The van der Waals surface area contributed by atoms with Crippen molar-refractivity contribution in [1.29, 1.82) is 0 Å². The number of anilines is 1. The standard InChI is InChI=1S/C31H38BrN3O5S/c1-7-28(30(37)33-31(3,4)5)34(20-23-10-16-26(40-6)17-11-23)29(36)21-35(25-14-12-24(32)13-15-25)41(38,39)27-18-8-22(2)9-19-27/h8-19,28H,7,20-21H2,1-6H3,(H,33,37)/t28-/m0/s1. The maximum atomic E-state index is 14.1. The van der Waals surface area contributed by atoms with Crippen molar-refractivity contribution in [1.82, 2.24) is 10.2 Å². The number of halogens is 1. The number of amides is 2. The van der Waals surface area contributed by atoms with E-state index >= 15 is 0 Å². The molecule has 0 bridgehead atoms. The van der Waals surface area contributed by atoms with Gasteiger partial charge in [0, 0.05) is 16.6 Å². The molecule has 0 unspecified atom stereocenters. The molecule has 10 heteroatoms. The largest absolute Gasteiger partial charge is 0.497 e. The Labute approximate surface area is 251 Å².